The van der Waals surface area contributed by atoms with Gasteiger partial charge in [-0.05, 0) is 5.92 Å². The number of thiazole rings is 1. The first-order chi connectivity index (χ1) is 5.15. The van der Waals surface area contributed by atoms with Crippen LogP contribution in [0.3, 0.4) is 0 Å². The van der Waals surface area contributed by atoms with Crippen molar-refractivity contribution < 1.29 is 4.79 Å². The number of hydrogen-bond donors (Lipinski definition) is 0. The van der Waals surface area contributed by atoms with E-state index in [-0.39, 0.29) is 0 Å². The predicted octanol–water partition coefficient (Wildman–Crippen LogP) is 2.73. The molecule has 1 aromatic rings. The molecule has 60 valence electrons. The number of aldehydes is 1. The van der Waals surface area contributed by atoms with Gasteiger partial charge in [-0.1, -0.05) is 25.4 Å². The lowest BCUT2D eigenvalue weighted by Crippen LogP contribution is -1.89. The van der Waals surface area contributed by atoms with Crippen LogP contribution >= 0.6 is 22.9 Å². The van der Waals surface area contributed by atoms with Crippen LogP contribution in [-0.2, 0) is 0 Å². The molecule has 1 rings (SSSR count). The molecule has 0 bridgehead atoms. The topological polar surface area (TPSA) is 30.0 Å². The Morgan fingerprint density at radius 2 is 2.27 bits per heavy atom. The zero-order valence-electron chi connectivity index (χ0n) is 6.30. The van der Waals surface area contributed by atoms with Gasteiger partial charge in [-0.25, -0.2) is 4.98 Å². The van der Waals surface area contributed by atoms with Crippen LogP contribution in [0.15, 0.2) is 0 Å². The minimum atomic E-state index is 0.320. The van der Waals surface area contributed by atoms with E-state index in [9.17, 15) is 4.79 Å². The fraction of sp³-hybridized carbons (Fsp3) is 0.429. The van der Waals surface area contributed by atoms with Crippen LogP contribution in [0.4, 0.5) is 0 Å². The highest BCUT2D eigenvalue weighted by molar-refractivity contribution is 7.16. The highest BCUT2D eigenvalue weighted by Crippen LogP contribution is 2.28. The first-order valence-electron chi connectivity index (χ1n) is 3.26. The average Bonchev–Trinajstić information content (AvgIpc) is 2.30. The third kappa shape index (κ3) is 1.79. The van der Waals surface area contributed by atoms with Crippen LogP contribution in [0.2, 0.25) is 4.47 Å². The summed E-state index contributed by atoms with van der Waals surface area (Å²) in [4.78, 5) is 15.3. The number of nitrogens with zero attached hydrogens (tertiary/aromatic N) is 1. The van der Waals surface area contributed by atoms with Crippen molar-refractivity contribution in [2.24, 2.45) is 0 Å². The number of aromatic nitrogens is 1. The Kier molecular flexibility index (Phi) is 2.62. The molecular formula is C7H8ClNOS. The molecule has 0 saturated carbocycles. The molecule has 0 aliphatic carbocycles. The molecular weight excluding hydrogens is 182 g/mol. The van der Waals surface area contributed by atoms with Gasteiger partial charge in [0.2, 0.25) is 0 Å². The van der Waals surface area contributed by atoms with E-state index in [0.29, 0.717) is 16.1 Å². The average molecular weight is 190 g/mol. The molecule has 0 spiro atoms. The van der Waals surface area contributed by atoms with E-state index in [1.165, 1.54) is 11.3 Å². The molecule has 0 aliphatic heterocycles. The van der Waals surface area contributed by atoms with E-state index < -0.39 is 0 Å². The fourth-order valence-electron chi connectivity index (χ4n) is 0.814. The Morgan fingerprint density at radius 3 is 2.64 bits per heavy atom. The molecule has 0 aliphatic rings. The molecule has 11 heavy (non-hydrogen) atoms. The summed E-state index contributed by atoms with van der Waals surface area (Å²) < 4.78 is 0.441. The molecule has 2 nitrogen and oxygen atoms in total. The van der Waals surface area contributed by atoms with Crippen molar-refractivity contribution in [2.45, 2.75) is 19.8 Å². The van der Waals surface area contributed by atoms with E-state index in [1.54, 1.807) is 0 Å². The van der Waals surface area contributed by atoms with Crippen LogP contribution in [0.1, 0.15) is 35.1 Å². The van der Waals surface area contributed by atoms with Crippen molar-refractivity contribution in [1.29, 1.82) is 0 Å². The molecule has 0 unspecified atom stereocenters. The second-order valence-corrected chi connectivity index (χ2v) is 4.10. The standard InChI is InChI=1S/C7H8ClNOS/c1-4(2)6-5(3-10)9-7(8)11-6/h3-4H,1-2H3. The molecule has 0 atom stereocenters. The lowest BCUT2D eigenvalue weighted by atomic mass is 10.1. The van der Waals surface area contributed by atoms with Gasteiger partial charge < -0.3 is 0 Å². The van der Waals surface area contributed by atoms with Gasteiger partial charge in [0.1, 0.15) is 5.69 Å². The maximum Gasteiger partial charge on any atom is 0.184 e. The second kappa shape index (κ2) is 3.32. The summed E-state index contributed by atoms with van der Waals surface area (Å²) in [6.07, 6.45) is 0.748. The van der Waals surface area contributed by atoms with Gasteiger partial charge in [0, 0.05) is 4.88 Å². The van der Waals surface area contributed by atoms with Gasteiger partial charge >= 0.3 is 0 Å². The van der Waals surface area contributed by atoms with Crippen molar-refractivity contribution in [3.05, 3.63) is 15.0 Å². The van der Waals surface area contributed by atoms with Gasteiger partial charge in [-0.3, -0.25) is 4.79 Å². The molecule has 0 amide bonds. The van der Waals surface area contributed by atoms with Gasteiger partial charge in [-0.2, -0.15) is 0 Å². The second-order valence-electron chi connectivity index (χ2n) is 2.49. The fourth-order valence-corrected chi connectivity index (χ4v) is 1.91. The minimum Gasteiger partial charge on any atom is -0.296 e. The molecule has 0 N–H and O–H groups in total. The highest BCUT2D eigenvalue weighted by Gasteiger charge is 2.11. The van der Waals surface area contributed by atoms with E-state index in [1.807, 2.05) is 13.8 Å². The monoisotopic (exact) mass is 189 g/mol. The zero-order valence-corrected chi connectivity index (χ0v) is 7.87. The van der Waals surface area contributed by atoms with Crippen LogP contribution in [0, 0.1) is 0 Å². The number of rotatable bonds is 2. The Balaban J connectivity index is 3.11. The first-order valence-corrected chi connectivity index (χ1v) is 4.46. The minimum absolute atomic E-state index is 0.320. The van der Waals surface area contributed by atoms with E-state index in [4.69, 9.17) is 11.6 Å². The Bertz CT molecular complexity index is 269. The van der Waals surface area contributed by atoms with E-state index in [2.05, 4.69) is 4.98 Å². The van der Waals surface area contributed by atoms with Gasteiger partial charge in [0.05, 0.1) is 0 Å². The summed E-state index contributed by atoms with van der Waals surface area (Å²) in [6, 6.07) is 0. The number of halogens is 1. The van der Waals surface area contributed by atoms with Crippen molar-refractivity contribution in [3.8, 4) is 0 Å². The molecule has 0 saturated heterocycles. The first kappa shape index (κ1) is 8.68. The van der Waals surface area contributed by atoms with Crippen LogP contribution in [0.5, 0.6) is 0 Å². The summed E-state index contributed by atoms with van der Waals surface area (Å²) in [5.41, 5.74) is 0.481. The van der Waals surface area contributed by atoms with Crippen molar-refractivity contribution in [1.82, 2.24) is 4.98 Å². The molecule has 4 heteroatoms. The third-order valence-corrected chi connectivity index (χ3v) is 2.77. The highest BCUT2D eigenvalue weighted by atomic mass is 35.5. The van der Waals surface area contributed by atoms with Gasteiger partial charge in [0.15, 0.2) is 10.8 Å². The van der Waals surface area contributed by atoms with Crippen molar-refractivity contribution in [2.75, 3.05) is 0 Å². The van der Waals surface area contributed by atoms with Crippen LogP contribution < -0.4 is 0 Å². The lowest BCUT2D eigenvalue weighted by molar-refractivity contribution is 0.111. The summed E-state index contributed by atoms with van der Waals surface area (Å²) in [6.45, 7) is 4.02. The van der Waals surface area contributed by atoms with Crippen LogP contribution in [0.25, 0.3) is 0 Å². The molecule has 0 aromatic carbocycles. The van der Waals surface area contributed by atoms with Gasteiger partial charge in [-0.15, -0.1) is 11.3 Å². The predicted molar refractivity (Wildman–Crippen MR) is 46.6 cm³/mol. The summed E-state index contributed by atoms with van der Waals surface area (Å²) in [5, 5.41) is 0. The van der Waals surface area contributed by atoms with Crippen molar-refractivity contribution in [3.63, 3.8) is 0 Å². The Hall–Kier alpha value is -0.410. The number of carbonyl (C=O) groups excluding carboxylic acids is 1. The molecule has 1 heterocycles. The zero-order chi connectivity index (χ0) is 8.43. The third-order valence-electron chi connectivity index (χ3n) is 1.29. The Morgan fingerprint density at radius 1 is 1.64 bits per heavy atom. The largest absolute Gasteiger partial charge is 0.296 e. The number of carbonyl (C=O) groups is 1. The van der Waals surface area contributed by atoms with E-state index in [0.717, 1.165) is 11.2 Å². The van der Waals surface area contributed by atoms with Crippen molar-refractivity contribution >= 4 is 29.2 Å². The number of hydrogen-bond acceptors (Lipinski definition) is 3. The maximum atomic E-state index is 10.4. The molecule has 0 radical (unpaired) electrons. The Labute approximate surface area is 74.2 Å². The quantitative estimate of drug-likeness (QED) is 0.670. The van der Waals surface area contributed by atoms with Crippen LogP contribution in [-0.4, -0.2) is 11.3 Å². The normalized spacial score (nSPS) is 10.5. The summed E-state index contributed by atoms with van der Waals surface area (Å²) in [5.74, 6) is 0.320. The molecule has 0 fully saturated rings. The smallest absolute Gasteiger partial charge is 0.184 e. The maximum absolute atomic E-state index is 10.4. The SMILES string of the molecule is CC(C)c1sc(Cl)nc1C=O. The van der Waals surface area contributed by atoms with E-state index >= 15 is 0 Å². The van der Waals surface area contributed by atoms with Gasteiger partial charge in [0.25, 0.3) is 0 Å². The molecule has 1 aromatic heterocycles. The summed E-state index contributed by atoms with van der Waals surface area (Å²) >= 11 is 7.01. The summed E-state index contributed by atoms with van der Waals surface area (Å²) in [7, 11) is 0. The lowest BCUT2D eigenvalue weighted by Gasteiger charge is -1.98.